The second-order valence-electron chi connectivity index (χ2n) is 4.23. The van der Waals surface area contributed by atoms with Crippen molar-refractivity contribution in [2.24, 2.45) is 0 Å². The van der Waals surface area contributed by atoms with Gasteiger partial charge in [-0.05, 0) is 31.5 Å². The van der Waals surface area contributed by atoms with Crippen molar-refractivity contribution in [3.05, 3.63) is 54.0 Å². The maximum absolute atomic E-state index is 4.58. The smallest absolute Gasteiger partial charge is 0.0838 e. The van der Waals surface area contributed by atoms with Crippen LogP contribution in [0.4, 0.5) is 0 Å². The molecule has 2 aromatic heterocycles. The van der Waals surface area contributed by atoms with Crippen LogP contribution in [0.15, 0.2) is 42.7 Å². The van der Waals surface area contributed by atoms with Gasteiger partial charge in [0.15, 0.2) is 0 Å². The Hall–Kier alpha value is -2.16. The Kier molecular flexibility index (Phi) is 2.18. The number of pyridine rings is 1. The zero-order valence-electron chi connectivity index (χ0n) is 9.88. The van der Waals surface area contributed by atoms with Gasteiger partial charge in [-0.1, -0.05) is 18.2 Å². The van der Waals surface area contributed by atoms with Gasteiger partial charge in [0, 0.05) is 11.6 Å². The van der Waals surface area contributed by atoms with Crippen molar-refractivity contribution in [1.82, 2.24) is 14.8 Å². The van der Waals surface area contributed by atoms with Crippen LogP contribution in [0.3, 0.4) is 0 Å². The van der Waals surface area contributed by atoms with Gasteiger partial charge in [-0.3, -0.25) is 4.98 Å². The minimum atomic E-state index is 1.01. The van der Waals surface area contributed by atoms with Gasteiger partial charge in [0.2, 0.25) is 0 Å². The first-order chi connectivity index (χ1) is 8.25. The summed E-state index contributed by atoms with van der Waals surface area (Å²) in [5, 5.41) is 5.77. The summed E-state index contributed by atoms with van der Waals surface area (Å²) in [6, 6.07) is 10.3. The maximum Gasteiger partial charge on any atom is 0.0838 e. The fourth-order valence-electron chi connectivity index (χ4n) is 2.07. The Balaban J connectivity index is 2.31. The van der Waals surface area contributed by atoms with Crippen LogP contribution in [-0.4, -0.2) is 14.8 Å². The van der Waals surface area contributed by atoms with Crippen LogP contribution >= 0.6 is 0 Å². The van der Waals surface area contributed by atoms with E-state index in [1.807, 2.05) is 43.1 Å². The van der Waals surface area contributed by atoms with Gasteiger partial charge in [0.05, 0.1) is 23.1 Å². The molecule has 0 aliphatic rings. The van der Waals surface area contributed by atoms with Crippen molar-refractivity contribution >= 4 is 10.9 Å². The van der Waals surface area contributed by atoms with Crippen LogP contribution in [0, 0.1) is 13.8 Å². The number of para-hydroxylation sites is 1. The van der Waals surface area contributed by atoms with Crippen molar-refractivity contribution in [3.63, 3.8) is 0 Å². The minimum absolute atomic E-state index is 1.01. The first-order valence-electron chi connectivity index (χ1n) is 5.62. The summed E-state index contributed by atoms with van der Waals surface area (Å²) in [4.78, 5) is 4.22. The summed E-state index contributed by atoms with van der Waals surface area (Å²) in [6.45, 7) is 4.07. The van der Waals surface area contributed by atoms with Gasteiger partial charge in [-0.25, -0.2) is 4.68 Å². The third-order valence-electron chi connectivity index (χ3n) is 2.88. The van der Waals surface area contributed by atoms with Crippen LogP contribution in [0.2, 0.25) is 0 Å². The zero-order valence-corrected chi connectivity index (χ0v) is 9.88. The van der Waals surface area contributed by atoms with E-state index in [0.29, 0.717) is 0 Å². The molecule has 0 amide bonds. The molecule has 17 heavy (non-hydrogen) atoms. The second-order valence-corrected chi connectivity index (χ2v) is 4.23. The average molecular weight is 223 g/mol. The fraction of sp³-hybridized carbons (Fsp3) is 0.143. The van der Waals surface area contributed by atoms with E-state index in [0.717, 1.165) is 22.5 Å². The molecule has 3 rings (SSSR count). The SMILES string of the molecule is Cc1cncc(-n2nc(C)c3ccccc32)c1. The quantitative estimate of drug-likeness (QED) is 0.634. The van der Waals surface area contributed by atoms with Crippen molar-refractivity contribution in [1.29, 1.82) is 0 Å². The molecule has 0 radical (unpaired) electrons. The summed E-state index contributed by atoms with van der Waals surface area (Å²) in [7, 11) is 0. The van der Waals surface area contributed by atoms with Gasteiger partial charge in [-0.15, -0.1) is 0 Å². The molecule has 3 heteroatoms. The topological polar surface area (TPSA) is 30.7 Å². The Morgan fingerprint density at radius 2 is 1.88 bits per heavy atom. The highest BCUT2D eigenvalue weighted by molar-refractivity contribution is 5.83. The predicted octanol–water partition coefficient (Wildman–Crippen LogP) is 3.04. The van der Waals surface area contributed by atoms with Crippen LogP contribution < -0.4 is 0 Å². The lowest BCUT2D eigenvalue weighted by Gasteiger charge is -2.03. The Morgan fingerprint density at radius 3 is 2.71 bits per heavy atom. The second kappa shape index (κ2) is 3.70. The molecule has 3 nitrogen and oxygen atoms in total. The number of rotatable bonds is 1. The Labute approximate surface area is 99.7 Å². The molecule has 2 heterocycles. The number of hydrogen-bond donors (Lipinski definition) is 0. The molecule has 0 aliphatic carbocycles. The van der Waals surface area contributed by atoms with Gasteiger partial charge in [-0.2, -0.15) is 5.10 Å². The fourth-order valence-corrected chi connectivity index (χ4v) is 2.07. The monoisotopic (exact) mass is 223 g/mol. The van der Waals surface area contributed by atoms with Crippen molar-refractivity contribution in [3.8, 4) is 5.69 Å². The van der Waals surface area contributed by atoms with Gasteiger partial charge in [0.25, 0.3) is 0 Å². The first-order valence-corrected chi connectivity index (χ1v) is 5.62. The Morgan fingerprint density at radius 1 is 1.06 bits per heavy atom. The number of hydrogen-bond acceptors (Lipinski definition) is 2. The molecule has 0 saturated heterocycles. The third kappa shape index (κ3) is 1.60. The third-order valence-corrected chi connectivity index (χ3v) is 2.88. The predicted molar refractivity (Wildman–Crippen MR) is 68.3 cm³/mol. The highest BCUT2D eigenvalue weighted by atomic mass is 15.3. The molecular weight excluding hydrogens is 210 g/mol. The molecule has 0 aliphatic heterocycles. The van der Waals surface area contributed by atoms with E-state index in [-0.39, 0.29) is 0 Å². The molecule has 0 N–H and O–H groups in total. The van der Waals surface area contributed by atoms with Crippen molar-refractivity contribution in [2.75, 3.05) is 0 Å². The molecule has 0 fully saturated rings. The highest BCUT2D eigenvalue weighted by Gasteiger charge is 2.07. The summed E-state index contributed by atoms with van der Waals surface area (Å²) in [5.74, 6) is 0. The first kappa shape index (κ1) is 10.0. The van der Waals surface area contributed by atoms with E-state index < -0.39 is 0 Å². The summed E-state index contributed by atoms with van der Waals surface area (Å²) in [6.07, 6.45) is 3.69. The van der Waals surface area contributed by atoms with E-state index in [1.54, 1.807) is 0 Å². The summed E-state index contributed by atoms with van der Waals surface area (Å²) < 4.78 is 1.95. The molecule has 0 unspecified atom stereocenters. The molecule has 0 spiro atoms. The summed E-state index contributed by atoms with van der Waals surface area (Å²) in [5.41, 5.74) is 4.31. The van der Waals surface area contributed by atoms with E-state index in [2.05, 4.69) is 28.3 Å². The molecule has 3 aromatic rings. The number of nitrogens with zero attached hydrogens (tertiary/aromatic N) is 3. The number of benzene rings is 1. The molecule has 0 bridgehead atoms. The van der Waals surface area contributed by atoms with Crippen LogP contribution in [0.25, 0.3) is 16.6 Å². The molecule has 0 atom stereocenters. The largest absolute Gasteiger partial charge is 0.262 e. The lowest BCUT2D eigenvalue weighted by atomic mass is 10.2. The highest BCUT2D eigenvalue weighted by Crippen LogP contribution is 2.21. The minimum Gasteiger partial charge on any atom is -0.262 e. The van der Waals surface area contributed by atoms with Crippen LogP contribution in [0.5, 0.6) is 0 Å². The lowest BCUT2D eigenvalue weighted by molar-refractivity contribution is 0.880. The van der Waals surface area contributed by atoms with Crippen LogP contribution in [-0.2, 0) is 0 Å². The van der Waals surface area contributed by atoms with Gasteiger partial charge in [0.1, 0.15) is 0 Å². The average Bonchev–Trinajstić information content (AvgIpc) is 2.68. The normalized spacial score (nSPS) is 10.9. The molecular formula is C14H13N3. The van der Waals surface area contributed by atoms with Crippen molar-refractivity contribution in [2.45, 2.75) is 13.8 Å². The summed E-state index contributed by atoms with van der Waals surface area (Å²) >= 11 is 0. The number of aromatic nitrogens is 3. The van der Waals surface area contributed by atoms with E-state index >= 15 is 0 Å². The molecule has 1 aromatic carbocycles. The standard InChI is InChI=1S/C14H13N3/c1-10-7-12(9-15-8-10)17-14-6-4-3-5-13(14)11(2)16-17/h3-9H,1-2H3. The number of aryl methyl sites for hydroxylation is 2. The maximum atomic E-state index is 4.58. The molecule has 84 valence electrons. The van der Waals surface area contributed by atoms with E-state index in [1.165, 1.54) is 5.39 Å². The number of fused-ring (bicyclic) bond motifs is 1. The van der Waals surface area contributed by atoms with E-state index in [4.69, 9.17) is 0 Å². The zero-order chi connectivity index (χ0) is 11.8. The Bertz CT molecular complexity index is 683. The lowest BCUT2D eigenvalue weighted by Crippen LogP contribution is -1.97. The van der Waals surface area contributed by atoms with Gasteiger partial charge >= 0.3 is 0 Å². The van der Waals surface area contributed by atoms with E-state index in [9.17, 15) is 0 Å². The molecule has 0 saturated carbocycles. The van der Waals surface area contributed by atoms with Gasteiger partial charge < -0.3 is 0 Å². The van der Waals surface area contributed by atoms with Crippen LogP contribution in [0.1, 0.15) is 11.3 Å². The van der Waals surface area contributed by atoms with Crippen molar-refractivity contribution < 1.29 is 0 Å².